The van der Waals surface area contributed by atoms with E-state index in [-0.39, 0.29) is 11.9 Å². The Morgan fingerprint density at radius 3 is 2.27 bits per heavy atom. The highest BCUT2D eigenvalue weighted by Gasteiger charge is 2.12. The van der Waals surface area contributed by atoms with Gasteiger partial charge in [0.05, 0.1) is 27.4 Å². The van der Waals surface area contributed by atoms with Crippen molar-refractivity contribution in [2.75, 3.05) is 21.3 Å². The van der Waals surface area contributed by atoms with Crippen LogP contribution < -0.4 is 19.5 Å². The molecule has 2 rings (SSSR count). The van der Waals surface area contributed by atoms with Gasteiger partial charge in [0, 0.05) is 11.1 Å². The minimum Gasteiger partial charge on any atom is -0.493 e. The molecule has 1 atom stereocenters. The highest BCUT2D eigenvalue weighted by Crippen LogP contribution is 2.38. The van der Waals surface area contributed by atoms with Gasteiger partial charge in [-0.15, -0.1) is 0 Å². The van der Waals surface area contributed by atoms with Gasteiger partial charge in [-0.25, -0.2) is 0 Å². The molecule has 2 aromatic rings. The maximum absolute atomic E-state index is 12.2. The number of halogens is 1. The molecule has 0 saturated carbocycles. The lowest BCUT2D eigenvalue weighted by molar-refractivity contribution is -0.117. The minimum absolute atomic E-state index is 0.161. The molecular formula is C20H22ClNO4. The molecule has 5 nitrogen and oxygen atoms in total. The van der Waals surface area contributed by atoms with Gasteiger partial charge in [-0.1, -0.05) is 23.7 Å². The third kappa shape index (κ3) is 4.92. The molecule has 0 radical (unpaired) electrons. The molecule has 0 saturated heterocycles. The van der Waals surface area contributed by atoms with Crippen LogP contribution in [0, 0.1) is 0 Å². The van der Waals surface area contributed by atoms with Crippen LogP contribution in [0.15, 0.2) is 42.5 Å². The standard InChI is InChI=1S/C20H22ClNO4/c1-13(15-6-5-7-16(21)12-15)22-19(23)9-8-14-10-17(24-2)20(26-4)18(11-14)25-3/h5-13H,1-4H3,(H,22,23)/b9-8+/t13-/m1/s1. The molecule has 0 heterocycles. The summed E-state index contributed by atoms with van der Waals surface area (Å²) in [6, 6.07) is 10.8. The molecule has 0 aliphatic rings. The van der Waals surface area contributed by atoms with Crippen LogP contribution in [0.4, 0.5) is 0 Å². The quantitative estimate of drug-likeness (QED) is 0.735. The summed E-state index contributed by atoms with van der Waals surface area (Å²) >= 11 is 5.99. The third-order valence-electron chi connectivity index (χ3n) is 3.82. The van der Waals surface area contributed by atoms with Crippen molar-refractivity contribution in [2.24, 2.45) is 0 Å². The summed E-state index contributed by atoms with van der Waals surface area (Å²) in [6.07, 6.45) is 3.15. The number of benzene rings is 2. The van der Waals surface area contributed by atoms with Crippen molar-refractivity contribution < 1.29 is 19.0 Å². The summed E-state index contributed by atoms with van der Waals surface area (Å²) in [5.41, 5.74) is 1.69. The van der Waals surface area contributed by atoms with Crippen molar-refractivity contribution in [1.82, 2.24) is 5.32 Å². The Labute approximate surface area is 158 Å². The van der Waals surface area contributed by atoms with E-state index in [0.717, 1.165) is 11.1 Å². The molecule has 1 amide bonds. The first-order valence-corrected chi connectivity index (χ1v) is 8.40. The van der Waals surface area contributed by atoms with Gasteiger partial charge < -0.3 is 19.5 Å². The summed E-state index contributed by atoms with van der Waals surface area (Å²) < 4.78 is 15.9. The molecule has 1 N–H and O–H groups in total. The van der Waals surface area contributed by atoms with Crippen molar-refractivity contribution >= 4 is 23.6 Å². The Balaban J connectivity index is 2.12. The zero-order valence-corrected chi connectivity index (χ0v) is 16.0. The summed E-state index contributed by atoms with van der Waals surface area (Å²) in [7, 11) is 4.63. The van der Waals surface area contributed by atoms with Gasteiger partial charge >= 0.3 is 0 Å². The number of hydrogen-bond donors (Lipinski definition) is 1. The maximum Gasteiger partial charge on any atom is 0.244 e. The fraction of sp³-hybridized carbons (Fsp3) is 0.250. The predicted molar refractivity (Wildman–Crippen MR) is 103 cm³/mol. The first-order valence-electron chi connectivity index (χ1n) is 8.02. The molecule has 0 fully saturated rings. The normalized spacial score (nSPS) is 11.9. The summed E-state index contributed by atoms with van der Waals surface area (Å²) in [5.74, 6) is 1.34. The number of amides is 1. The molecule has 0 aromatic heterocycles. The second-order valence-electron chi connectivity index (χ2n) is 5.58. The summed E-state index contributed by atoms with van der Waals surface area (Å²) in [5, 5.41) is 3.54. The van der Waals surface area contributed by atoms with E-state index in [4.69, 9.17) is 25.8 Å². The minimum atomic E-state index is -0.216. The van der Waals surface area contributed by atoms with E-state index in [2.05, 4.69) is 5.32 Å². The average Bonchev–Trinajstić information content (AvgIpc) is 2.65. The number of hydrogen-bond acceptors (Lipinski definition) is 4. The van der Waals surface area contributed by atoms with Crippen LogP contribution in [0.25, 0.3) is 6.08 Å². The van der Waals surface area contributed by atoms with Crippen molar-refractivity contribution in [1.29, 1.82) is 0 Å². The molecule has 6 heteroatoms. The fourth-order valence-electron chi connectivity index (χ4n) is 2.49. The number of rotatable bonds is 7. The Bertz CT molecular complexity index is 779. The van der Waals surface area contributed by atoms with Gasteiger partial charge in [-0.05, 0) is 48.4 Å². The maximum atomic E-state index is 12.2. The van der Waals surface area contributed by atoms with Gasteiger partial charge in [0.1, 0.15) is 0 Å². The van der Waals surface area contributed by atoms with E-state index in [1.54, 1.807) is 45.6 Å². The highest BCUT2D eigenvalue weighted by atomic mass is 35.5. The number of carbonyl (C=O) groups excluding carboxylic acids is 1. The van der Waals surface area contributed by atoms with Crippen molar-refractivity contribution in [3.8, 4) is 17.2 Å². The van der Waals surface area contributed by atoms with Gasteiger partial charge in [0.25, 0.3) is 0 Å². The Kier molecular flexibility index (Phi) is 6.92. The third-order valence-corrected chi connectivity index (χ3v) is 4.06. The molecule has 2 aromatic carbocycles. The van der Waals surface area contributed by atoms with E-state index in [9.17, 15) is 4.79 Å². The monoisotopic (exact) mass is 375 g/mol. The lowest BCUT2D eigenvalue weighted by Gasteiger charge is -2.14. The van der Waals surface area contributed by atoms with Crippen LogP contribution in [0.3, 0.4) is 0 Å². The topological polar surface area (TPSA) is 56.8 Å². The van der Waals surface area contributed by atoms with Gasteiger partial charge in [0.15, 0.2) is 11.5 Å². The average molecular weight is 376 g/mol. The molecule has 0 bridgehead atoms. The first kappa shape index (κ1) is 19.7. The van der Waals surface area contributed by atoms with Gasteiger partial charge in [-0.2, -0.15) is 0 Å². The van der Waals surface area contributed by atoms with Crippen molar-refractivity contribution in [3.05, 3.63) is 58.6 Å². The zero-order chi connectivity index (χ0) is 19.1. The van der Waals surface area contributed by atoms with Crippen LogP contribution in [0.1, 0.15) is 24.1 Å². The first-order chi connectivity index (χ1) is 12.5. The Morgan fingerprint density at radius 1 is 1.08 bits per heavy atom. The molecule has 26 heavy (non-hydrogen) atoms. The summed E-state index contributed by atoms with van der Waals surface area (Å²) in [4.78, 5) is 12.2. The number of methoxy groups -OCH3 is 3. The van der Waals surface area contributed by atoms with Crippen LogP contribution in [0.2, 0.25) is 5.02 Å². The lowest BCUT2D eigenvalue weighted by Crippen LogP contribution is -2.24. The largest absolute Gasteiger partial charge is 0.493 e. The van der Waals surface area contributed by atoms with Crippen LogP contribution in [-0.2, 0) is 4.79 Å². The second-order valence-corrected chi connectivity index (χ2v) is 6.01. The Morgan fingerprint density at radius 2 is 1.73 bits per heavy atom. The zero-order valence-electron chi connectivity index (χ0n) is 15.2. The molecule has 0 spiro atoms. The number of nitrogens with one attached hydrogen (secondary N) is 1. The van der Waals surface area contributed by atoms with Crippen LogP contribution in [0.5, 0.6) is 17.2 Å². The van der Waals surface area contributed by atoms with E-state index in [0.29, 0.717) is 22.3 Å². The van der Waals surface area contributed by atoms with Crippen LogP contribution >= 0.6 is 11.6 Å². The van der Waals surface area contributed by atoms with E-state index < -0.39 is 0 Å². The van der Waals surface area contributed by atoms with Crippen molar-refractivity contribution in [3.63, 3.8) is 0 Å². The SMILES string of the molecule is COc1cc(/C=C/C(=O)N[C@H](C)c2cccc(Cl)c2)cc(OC)c1OC. The lowest BCUT2D eigenvalue weighted by atomic mass is 10.1. The van der Waals surface area contributed by atoms with Crippen LogP contribution in [-0.4, -0.2) is 27.2 Å². The smallest absolute Gasteiger partial charge is 0.244 e. The molecule has 0 aliphatic carbocycles. The van der Waals surface area contributed by atoms with E-state index >= 15 is 0 Å². The number of carbonyl (C=O) groups is 1. The van der Waals surface area contributed by atoms with E-state index in [1.807, 2.05) is 25.1 Å². The van der Waals surface area contributed by atoms with Crippen molar-refractivity contribution in [2.45, 2.75) is 13.0 Å². The molecule has 0 aliphatic heterocycles. The van der Waals surface area contributed by atoms with Gasteiger partial charge in [-0.3, -0.25) is 4.79 Å². The Hall–Kier alpha value is -2.66. The fourth-order valence-corrected chi connectivity index (χ4v) is 2.69. The summed E-state index contributed by atoms with van der Waals surface area (Å²) in [6.45, 7) is 1.90. The van der Waals surface area contributed by atoms with E-state index in [1.165, 1.54) is 6.08 Å². The van der Waals surface area contributed by atoms with Gasteiger partial charge in [0.2, 0.25) is 11.7 Å². The predicted octanol–water partition coefficient (Wildman–Crippen LogP) is 4.26. The molecular weight excluding hydrogens is 354 g/mol. The number of ether oxygens (including phenoxy) is 3. The second kappa shape index (κ2) is 9.15. The highest BCUT2D eigenvalue weighted by molar-refractivity contribution is 6.30. The molecule has 0 unspecified atom stereocenters. The molecule has 138 valence electrons.